The van der Waals surface area contributed by atoms with Gasteiger partial charge in [0.15, 0.2) is 6.04 Å². The van der Waals surface area contributed by atoms with Crippen LogP contribution in [0.1, 0.15) is 34.1 Å². The first-order valence-corrected chi connectivity index (χ1v) is 8.75. The molecule has 8 heteroatoms. The standard InChI is InChI=1S/C19H23N3O5/c1-18(2,3)27-17(26)21-11-10-13-19(4,14(21)15(23)24)16(25)22(20-13)12-8-6-5-7-9-12/h5-9,14H,10-11H2,1-4H3,(H,23,24). The first-order valence-electron chi connectivity index (χ1n) is 8.75. The molecule has 0 bridgehead atoms. The summed E-state index contributed by atoms with van der Waals surface area (Å²) in [6.45, 7) is 6.77. The minimum Gasteiger partial charge on any atom is -0.480 e. The number of ether oxygens (including phenoxy) is 1. The highest BCUT2D eigenvalue weighted by molar-refractivity contribution is 6.22. The molecule has 2 atom stereocenters. The second-order valence-electron chi connectivity index (χ2n) is 7.87. The molecule has 2 heterocycles. The number of hydrogen-bond acceptors (Lipinski definition) is 5. The number of hydrazone groups is 1. The lowest BCUT2D eigenvalue weighted by Gasteiger charge is -2.42. The number of carboxylic acids is 1. The Kier molecular flexibility index (Phi) is 4.45. The van der Waals surface area contributed by atoms with Crippen molar-refractivity contribution in [2.24, 2.45) is 10.5 Å². The normalized spacial score (nSPS) is 25.1. The van der Waals surface area contributed by atoms with Crippen molar-refractivity contribution in [3.05, 3.63) is 30.3 Å². The van der Waals surface area contributed by atoms with Crippen molar-refractivity contribution in [3.63, 3.8) is 0 Å². The summed E-state index contributed by atoms with van der Waals surface area (Å²) in [7, 11) is 0. The number of carbonyl (C=O) groups is 3. The number of carbonyl (C=O) groups excluding carboxylic acids is 2. The lowest BCUT2D eigenvalue weighted by atomic mass is 9.73. The third kappa shape index (κ3) is 3.15. The Morgan fingerprint density at radius 1 is 1.26 bits per heavy atom. The zero-order chi connectivity index (χ0) is 20.0. The van der Waals surface area contributed by atoms with Crippen molar-refractivity contribution in [2.75, 3.05) is 11.6 Å². The second-order valence-corrected chi connectivity index (χ2v) is 7.87. The average Bonchev–Trinajstić information content (AvgIpc) is 2.84. The van der Waals surface area contributed by atoms with Crippen molar-refractivity contribution < 1.29 is 24.2 Å². The smallest absolute Gasteiger partial charge is 0.411 e. The predicted octanol–water partition coefficient (Wildman–Crippen LogP) is 2.49. The van der Waals surface area contributed by atoms with E-state index >= 15 is 0 Å². The van der Waals surface area contributed by atoms with Gasteiger partial charge in [-0.3, -0.25) is 9.69 Å². The maximum atomic E-state index is 13.2. The highest BCUT2D eigenvalue weighted by Gasteiger charge is 2.61. The largest absolute Gasteiger partial charge is 0.480 e. The molecule has 2 unspecified atom stereocenters. The number of aliphatic carboxylic acids is 1. The topological polar surface area (TPSA) is 99.5 Å². The first-order chi connectivity index (χ1) is 12.6. The molecule has 1 N–H and O–H groups in total. The van der Waals surface area contributed by atoms with Gasteiger partial charge in [-0.25, -0.2) is 9.59 Å². The third-order valence-electron chi connectivity index (χ3n) is 4.77. The summed E-state index contributed by atoms with van der Waals surface area (Å²) >= 11 is 0. The van der Waals surface area contributed by atoms with Crippen molar-refractivity contribution in [1.29, 1.82) is 0 Å². The van der Waals surface area contributed by atoms with E-state index in [0.29, 0.717) is 17.8 Å². The van der Waals surface area contributed by atoms with E-state index in [1.165, 1.54) is 11.9 Å². The van der Waals surface area contributed by atoms with Gasteiger partial charge in [-0.05, 0) is 39.8 Å². The number of rotatable bonds is 2. The summed E-state index contributed by atoms with van der Waals surface area (Å²) in [4.78, 5) is 39.0. The Balaban J connectivity index is 1.98. The summed E-state index contributed by atoms with van der Waals surface area (Å²) < 4.78 is 5.36. The van der Waals surface area contributed by atoms with Gasteiger partial charge in [-0.2, -0.15) is 10.1 Å². The van der Waals surface area contributed by atoms with Crippen LogP contribution in [0.4, 0.5) is 10.5 Å². The average molecular weight is 373 g/mol. The van der Waals surface area contributed by atoms with Gasteiger partial charge < -0.3 is 9.84 Å². The van der Waals surface area contributed by atoms with Crippen LogP contribution in [0.5, 0.6) is 0 Å². The van der Waals surface area contributed by atoms with E-state index < -0.39 is 35.0 Å². The Bertz CT molecular complexity index is 814. The molecule has 0 aromatic heterocycles. The molecule has 2 aliphatic rings. The summed E-state index contributed by atoms with van der Waals surface area (Å²) in [5, 5.41) is 15.5. The van der Waals surface area contributed by atoms with Crippen LogP contribution in [0.3, 0.4) is 0 Å². The fourth-order valence-corrected chi connectivity index (χ4v) is 3.51. The number of fused-ring (bicyclic) bond motifs is 1. The van der Waals surface area contributed by atoms with E-state index in [9.17, 15) is 19.5 Å². The van der Waals surface area contributed by atoms with Crippen LogP contribution in [0.2, 0.25) is 0 Å². The molecule has 0 aliphatic carbocycles. The van der Waals surface area contributed by atoms with Crippen LogP contribution >= 0.6 is 0 Å². The van der Waals surface area contributed by atoms with Gasteiger partial charge >= 0.3 is 12.1 Å². The lowest BCUT2D eigenvalue weighted by Crippen LogP contribution is -2.63. The molecule has 8 nitrogen and oxygen atoms in total. The van der Waals surface area contributed by atoms with Crippen LogP contribution in [0.25, 0.3) is 0 Å². The van der Waals surface area contributed by atoms with Gasteiger partial charge in [-0.1, -0.05) is 18.2 Å². The number of para-hydroxylation sites is 1. The van der Waals surface area contributed by atoms with E-state index in [0.717, 1.165) is 4.90 Å². The van der Waals surface area contributed by atoms with Gasteiger partial charge in [0.1, 0.15) is 11.0 Å². The van der Waals surface area contributed by atoms with Gasteiger partial charge in [-0.15, -0.1) is 0 Å². The van der Waals surface area contributed by atoms with Gasteiger partial charge in [0.25, 0.3) is 5.91 Å². The number of likely N-dealkylation sites (tertiary alicyclic amines) is 1. The van der Waals surface area contributed by atoms with Crippen molar-refractivity contribution in [2.45, 2.75) is 45.8 Å². The molecule has 2 aliphatic heterocycles. The predicted molar refractivity (Wildman–Crippen MR) is 98.5 cm³/mol. The minimum atomic E-state index is -1.45. The summed E-state index contributed by atoms with van der Waals surface area (Å²) in [6, 6.07) is 7.43. The molecular formula is C19H23N3O5. The molecule has 3 rings (SSSR count). The van der Waals surface area contributed by atoms with E-state index in [1.807, 2.05) is 6.07 Å². The molecule has 1 aromatic carbocycles. The Morgan fingerprint density at radius 2 is 1.89 bits per heavy atom. The molecule has 2 amide bonds. The molecule has 27 heavy (non-hydrogen) atoms. The SMILES string of the molecule is CC(C)(C)OC(=O)N1CCC2=NN(c3ccccc3)C(=O)C2(C)C1C(=O)O. The highest BCUT2D eigenvalue weighted by Crippen LogP contribution is 2.42. The first kappa shape index (κ1) is 18.9. The van der Waals surface area contributed by atoms with E-state index in [4.69, 9.17) is 4.74 Å². The van der Waals surface area contributed by atoms with E-state index in [1.54, 1.807) is 45.0 Å². The summed E-state index contributed by atoms with van der Waals surface area (Å²) in [5.41, 5.74) is -1.20. The third-order valence-corrected chi connectivity index (χ3v) is 4.77. The molecule has 0 saturated carbocycles. The van der Waals surface area contributed by atoms with Gasteiger partial charge in [0.2, 0.25) is 0 Å². The fraction of sp³-hybridized carbons (Fsp3) is 0.474. The zero-order valence-corrected chi connectivity index (χ0v) is 15.8. The van der Waals surface area contributed by atoms with Gasteiger partial charge in [0, 0.05) is 13.0 Å². The minimum absolute atomic E-state index is 0.121. The fourth-order valence-electron chi connectivity index (χ4n) is 3.51. The molecule has 0 radical (unpaired) electrons. The van der Waals surface area contributed by atoms with E-state index in [2.05, 4.69) is 5.10 Å². The number of benzene rings is 1. The molecule has 1 saturated heterocycles. The Labute approximate surface area is 157 Å². The van der Waals surface area contributed by atoms with Crippen molar-refractivity contribution in [3.8, 4) is 0 Å². The van der Waals surface area contributed by atoms with Crippen LogP contribution in [0, 0.1) is 5.41 Å². The number of hydrogen-bond donors (Lipinski definition) is 1. The molecule has 144 valence electrons. The molecule has 1 fully saturated rings. The van der Waals surface area contributed by atoms with Crippen LogP contribution < -0.4 is 5.01 Å². The van der Waals surface area contributed by atoms with Crippen LogP contribution in [0.15, 0.2) is 35.4 Å². The zero-order valence-electron chi connectivity index (χ0n) is 15.8. The highest BCUT2D eigenvalue weighted by atomic mass is 16.6. The molecular weight excluding hydrogens is 350 g/mol. The summed E-state index contributed by atoms with van der Waals surface area (Å²) in [5.74, 6) is -1.73. The van der Waals surface area contributed by atoms with Crippen LogP contribution in [-0.4, -0.2) is 51.9 Å². The Hall–Kier alpha value is -2.90. The lowest BCUT2D eigenvalue weighted by molar-refractivity contribution is -0.150. The van der Waals surface area contributed by atoms with Crippen molar-refractivity contribution >= 4 is 29.4 Å². The number of carboxylic acid groups (broad SMARTS) is 1. The van der Waals surface area contributed by atoms with Crippen molar-refractivity contribution in [1.82, 2.24) is 4.90 Å². The number of amides is 2. The maximum absolute atomic E-state index is 13.2. The van der Waals surface area contributed by atoms with E-state index in [-0.39, 0.29) is 6.54 Å². The van der Waals surface area contributed by atoms with Gasteiger partial charge in [0.05, 0.1) is 11.4 Å². The number of piperidine rings is 1. The molecule has 0 spiro atoms. The quantitative estimate of drug-likeness (QED) is 0.858. The molecule has 1 aromatic rings. The number of anilines is 1. The van der Waals surface area contributed by atoms with Crippen LogP contribution in [-0.2, 0) is 14.3 Å². The second kappa shape index (κ2) is 6.37. The maximum Gasteiger partial charge on any atom is 0.411 e. The Morgan fingerprint density at radius 3 is 2.44 bits per heavy atom. The number of nitrogens with zero attached hydrogens (tertiary/aromatic N) is 3. The summed E-state index contributed by atoms with van der Waals surface area (Å²) in [6.07, 6.45) is -0.449. The monoisotopic (exact) mass is 373 g/mol.